The van der Waals surface area contributed by atoms with Crippen LogP contribution in [0.1, 0.15) is 22.8 Å². The van der Waals surface area contributed by atoms with Crippen LogP contribution in [0.25, 0.3) is 0 Å². The molecule has 76 valence electrons. The largest absolute Gasteiger partial charge is 0.392 e. The predicted molar refractivity (Wildman–Crippen MR) is 59.7 cm³/mol. The summed E-state index contributed by atoms with van der Waals surface area (Å²) in [6, 6.07) is 5.16. The predicted octanol–water partition coefficient (Wildman–Crippen LogP) is 2.75. The average Bonchev–Trinajstić information content (AvgIpc) is 2.17. The lowest BCUT2D eigenvalue weighted by molar-refractivity contribution is 0.0991. The minimum atomic E-state index is -0.555. The molecule has 0 spiro atoms. The third-order valence-corrected chi connectivity index (χ3v) is 3.01. The van der Waals surface area contributed by atoms with Crippen molar-refractivity contribution in [3.8, 4) is 0 Å². The number of benzene rings is 1. The number of ketones is 1. The summed E-state index contributed by atoms with van der Waals surface area (Å²) in [5.74, 6) is -0.145. The molecule has 0 saturated heterocycles. The fraction of sp³-hybridized carbons (Fsp3) is 0.300. The van der Waals surface area contributed by atoms with Gasteiger partial charge < -0.3 is 5.11 Å². The molecule has 1 rings (SSSR count). The number of Topliss-reactive ketones (excluding diaryl/α,β-unsaturated/α-hetero) is 1. The maximum Gasteiger partial charge on any atom is 0.181 e. The van der Waals surface area contributed by atoms with Crippen LogP contribution in [-0.2, 0) is 6.61 Å². The summed E-state index contributed by atoms with van der Waals surface area (Å²) < 4.78 is 0.625. The van der Waals surface area contributed by atoms with Gasteiger partial charge in [-0.3, -0.25) is 4.79 Å². The van der Waals surface area contributed by atoms with Crippen LogP contribution in [0.15, 0.2) is 22.7 Å². The van der Waals surface area contributed by atoms with Crippen molar-refractivity contribution in [2.75, 3.05) is 0 Å². The minimum Gasteiger partial charge on any atom is -0.392 e. The molecular formula is C10H10BrClO2. The van der Waals surface area contributed by atoms with Gasteiger partial charge in [0.25, 0.3) is 0 Å². The van der Waals surface area contributed by atoms with Crippen molar-refractivity contribution in [3.63, 3.8) is 0 Å². The van der Waals surface area contributed by atoms with Gasteiger partial charge in [-0.15, -0.1) is 11.6 Å². The number of halogens is 2. The van der Waals surface area contributed by atoms with E-state index in [0.717, 1.165) is 0 Å². The first-order valence-corrected chi connectivity index (χ1v) is 5.37. The van der Waals surface area contributed by atoms with Crippen LogP contribution in [0.5, 0.6) is 0 Å². The Kier molecular flexibility index (Phi) is 4.11. The molecule has 14 heavy (non-hydrogen) atoms. The second-order valence-corrected chi connectivity index (χ2v) is 4.36. The number of alkyl halides is 1. The SMILES string of the molecule is CC(Cl)C(=O)c1cccc(CO)c1Br. The van der Waals surface area contributed by atoms with Gasteiger partial charge >= 0.3 is 0 Å². The molecule has 0 aliphatic heterocycles. The van der Waals surface area contributed by atoms with Crippen LogP contribution in [0.4, 0.5) is 0 Å². The molecule has 1 unspecified atom stereocenters. The van der Waals surface area contributed by atoms with E-state index in [1.807, 2.05) is 0 Å². The zero-order valence-electron chi connectivity index (χ0n) is 7.63. The Morgan fingerprint density at radius 2 is 2.29 bits per heavy atom. The Labute approximate surface area is 96.0 Å². The lowest BCUT2D eigenvalue weighted by Crippen LogP contribution is -2.11. The van der Waals surface area contributed by atoms with Crippen LogP contribution in [-0.4, -0.2) is 16.3 Å². The summed E-state index contributed by atoms with van der Waals surface area (Å²) in [7, 11) is 0. The van der Waals surface area contributed by atoms with Crippen molar-refractivity contribution in [1.29, 1.82) is 0 Å². The van der Waals surface area contributed by atoms with Gasteiger partial charge in [0.2, 0.25) is 0 Å². The van der Waals surface area contributed by atoms with Crippen LogP contribution < -0.4 is 0 Å². The Hall–Kier alpha value is -0.380. The van der Waals surface area contributed by atoms with E-state index < -0.39 is 5.38 Å². The molecule has 0 heterocycles. The zero-order chi connectivity index (χ0) is 10.7. The van der Waals surface area contributed by atoms with Gasteiger partial charge in [-0.2, -0.15) is 0 Å². The van der Waals surface area contributed by atoms with E-state index in [-0.39, 0.29) is 12.4 Å². The molecule has 0 fully saturated rings. The number of aliphatic hydroxyl groups excluding tert-OH is 1. The summed E-state index contributed by atoms with van der Waals surface area (Å²) in [6.07, 6.45) is 0. The highest BCUT2D eigenvalue weighted by Crippen LogP contribution is 2.24. The first-order valence-electron chi connectivity index (χ1n) is 4.14. The van der Waals surface area contributed by atoms with E-state index in [2.05, 4.69) is 15.9 Å². The van der Waals surface area contributed by atoms with E-state index in [0.29, 0.717) is 15.6 Å². The molecule has 4 heteroatoms. The molecule has 0 bridgehead atoms. The molecule has 0 aliphatic carbocycles. The van der Waals surface area contributed by atoms with Crippen molar-refractivity contribution in [1.82, 2.24) is 0 Å². The molecule has 0 radical (unpaired) electrons. The van der Waals surface area contributed by atoms with E-state index >= 15 is 0 Å². The number of hydrogen-bond donors (Lipinski definition) is 1. The molecule has 0 aromatic heterocycles. The van der Waals surface area contributed by atoms with Crippen LogP contribution in [0, 0.1) is 0 Å². The Morgan fingerprint density at radius 1 is 1.64 bits per heavy atom. The maximum atomic E-state index is 11.6. The van der Waals surface area contributed by atoms with E-state index in [1.54, 1.807) is 25.1 Å². The van der Waals surface area contributed by atoms with Crippen molar-refractivity contribution < 1.29 is 9.90 Å². The molecule has 0 amide bonds. The van der Waals surface area contributed by atoms with Gasteiger partial charge in [-0.05, 0) is 28.4 Å². The first-order chi connectivity index (χ1) is 6.57. The lowest BCUT2D eigenvalue weighted by Gasteiger charge is -2.08. The lowest BCUT2D eigenvalue weighted by atomic mass is 10.1. The maximum absolute atomic E-state index is 11.6. The summed E-state index contributed by atoms with van der Waals surface area (Å²) in [6.45, 7) is 1.53. The second kappa shape index (κ2) is 4.91. The third kappa shape index (κ3) is 2.35. The Bertz CT molecular complexity index is 350. The number of carbonyl (C=O) groups excluding carboxylic acids is 1. The molecular weight excluding hydrogens is 267 g/mol. The molecule has 1 aromatic rings. The average molecular weight is 278 g/mol. The number of rotatable bonds is 3. The molecule has 1 N–H and O–H groups in total. The van der Waals surface area contributed by atoms with Gasteiger partial charge in [0.1, 0.15) is 0 Å². The van der Waals surface area contributed by atoms with E-state index in [1.165, 1.54) is 0 Å². The van der Waals surface area contributed by atoms with Crippen molar-refractivity contribution in [2.45, 2.75) is 18.9 Å². The number of hydrogen-bond acceptors (Lipinski definition) is 2. The molecule has 1 atom stereocenters. The first kappa shape index (κ1) is 11.7. The summed E-state index contributed by atoms with van der Waals surface area (Å²) in [4.78, 5) is 11.6. The monoisotopic (exact) mass is 276 g/mol. The summed E-state index contributed by atoms with van der Waals surface area (Å²) >= 11 is 8.97. The zero-order valence-corrected chi connectivity index (χ0v) is 9.97. The quantitative estimate of drug-likeness (QED) is 0.681. The van der Waals surface area contributed by atoms with Crippen molar-refractivity contribution >= 4 is 33.3 Å². The summed E-state index contributed by atoms with van der Waals surface area (Å²) in [5.41, 5.74) is 1.20. The van der Waals surface area contributed by atoms with Crippen LogP contribution in [0.2, 0.25) is 0 Å². The second-order valence-electron chi connectivity index (χ2n) is 2.92. The molecule has 1 aromatic carbocycles. The van der Waals surface area contributed by atoms with Gasteiger partial charge in [0.15, 0.2) is 5.78 Å². The van der Waals surface area contributed by atoms with E-state index in [4.69, 9.17) is 16.7 Å². The van der Waals surface area contributed by atoms with Crippen LogP contribution in [0.3, 0.4) is 0 Å². The van der Waals surface area contributed by atoms with Gasteiger partial charge in [0, 0.05) is 10.0 Å². The third-order valence-electron chi connectivity index (χ3n) is 1.88. The van der Waals surface area contributed by atoms with Crippen molar-refractivity contribution in [3.05, 3.63) is 33.8 Å². The van der Waals surface area contributed by atoms with Gasteiger partial charge in [0.05, 0.1) is 12.0 Å². The molecule has 0 aliphatic rings. The fourth-order valence-corrected chi connectivity index (χ4v) is 1.81. The minimum absolute atomic E-state index is 0.0988. The summed E-state index contributed by atoms with van der Waals surface area (Å²) in [5, 5.41) is 8.43. The topological polar surface area (TPSA) is 37.3 Å². The Balaban J connectivity index is 3.16. The number of aliphatic hydroxyl groups is 1. The van der Waals surface area contributed by atoms with Crippen molar-refractivity contribution in [2.24, 2.45) is 0 Å². The van der Waals surface area contributed by atoms with Gasteiger partial charge in [-0.25, -0.2) is 0 Å². The smallest absolute Gasteiger partial charge is 0.181 e. The highest BCUT2D eigenvalue weighted by atomic mass is 79.9. The van der Waals surface area contributed by atoms with Gasteiger partial charge in [-0.1, -0.05) is 18.2 Å². The molecule has 2 nitrogen and oxygen atoms in total. The van der Waals surface area contributed by atoms with Crippen LogP contribution >= 0.6 is 27.5 Å². The molecule has 0 saturated carbocycles. The standard InChI is InChI=1S/C10H10BrClO2/c1-6(12)10(14)8-4-2-3-7(5-13)9(8)11/h2-4,6,13H,5H2,1H3. The Morgan fingerprint density at radius 3 is 2.79 bits per heavy atom. The number of carbonyl (C=O) groups is 1. The van der Waals surface area contributed by atoms with E-state index in [9.17, 15) is 4.79 Å². The highest BCUT2D eigenvalue weighted by Gasteiger charge is 2.16. The normalized spacial score (nSPS) is 12.6. The highest BCUT2D eigenvalue weighted by molar-refractivity contribution is 9.10. The fourth-order valence-electron chi connectivity index (χ4n) is 1.11.